The highest BCUT2D eigenvalue weighted by Gasteiger charge is 2.28. The van der Waals surface area contributed by atoms with Gasteiger partial charge in [-0.05, 0) is 52.7 Å². The fourth-order valence-corrected chi connectivity index (χ4v) is 3.84. The summed E-state index contributed by atoms with van der Waals surface area (Å²) in [7, 11) is 0. The summed E-state index contributed by atoms with van der Waals surface area (Å²) in [5.74, 6) is -0.00759. The third-order valence-electron chi connectivity index (χ3n) is 5.03. The Morgan fingerprint density at radius 2 is 1.84 bits per heavy atom. The van der Waals surface area contributed by atoms with Crippen molar-refractivity contribution in [1.29, 1.82) is 0 Å². The van der Waals surface area contributed by atoms with Crippen LogP contribution in [0, 0.1) is 15.5 Å². The van der Waals surface area contributed by atoms with Gasteiger partial charge >= 0.3 is 0 Å². The maximum atomic E-state index is 12.3. The molecule has 2 aromatic rings. The van der Waals surface area contributed by atoms with E-state index in [2.05, 4.69) is 52.6 Å². The lowest BCUT2D eigenvalue weighted by atomic mass is 9.72. The summed E-state index contributed by atoms with van der Waals surface area (Å²) in [5, 5.41) is 23.4. The molecule has 0 spiro atoms. The first-order chi connectivity index (χ1) is 14.4. The van der Waals surface area contributed by atoms with E-state index in [1.807, 2.05) is 12.1 Å². The molecule has 2 aromatic carbocycles. The van der Waals surface area contributed by atoms with Crippen molar-refractivity contribution in [3.63, 3.8) is 0 Å². The number of unbranched alkanes of at least 4 members (excludes halogenated alkanes) is 1. The quantitative estimate of drug-likeness (QED) is 0.204. The van der Waals surface area contributed by atoms with Gasteiger partial charge < -0.3 is 9.84 Å². The molecule has 0 atom stereocenters. The van der Waals surface area contributed by atoms with E-state index in [1.54, 1.807) is 0 Å². The van der Waals surface area contributed by atoms with Gasteiger partial charge in [-0.15, -0.1) is 0 Å². The summed E-state index contributed by atoms with van der Waals surface area (Å²) < 4.78 is 5.93. The van der Waals surface area contributed by atoms with Crippen LogP contribution in [0.2, 0.25) is 0 Å². The molecule has 0 amide bonds. The van der Waals surface area contributed by atoms with Gasteiger partial charge in [0.05, 0.1) is 11.5 Å². The number of rotatable bonds is 9. The Labute approximate surface area is 185 Å². The van der Waals surface area contributed by atoms with Gasteiger partial charge in [-0.2, -0.15) is 0 Å². The molecule has 0 N–H and O–H groups in total. The molecule has 0 bridgehead atoms. The molecule has 0 saturated carbocycles. The predicted octanol–water partition coefficient (Wildman–Crippen LogP) is 6.31. The van der Waals surface area contributed by atoms with E-state index in [0.717, 1.165) is 24.8 Å². The number of aliphatic imine (C=N–C) groups is 1. The van der Waals surface area contributed by atoms with Crippen LogP contribution in [0.1, 0.15) is 71.9 Å². The molecule has 6 nitrogen and oxygen atoms in total. The van der Waals surface area contributed by atoms with E-state index < -0.39 is 16.4 Å². The number of nitro groups is 1. The van der Waals surface area contributed by atoms with Crippen molar-refractivity contribution in [2.75, 3.05) is 6.61 Å². The van der Waals surface area contributed by atoms with Crippen molar-refractivity contribution in [2.45, 2.75) is 66.2 Å². The minimum atomic E-state index is -0.672. The molecule has 0 aliphatic rings. The molecule has 0 saturated heterocycles. The predicted molar refractivity (Wildman–Crippen MR) is 124 cm³/mol. The highest BCUT2D eigenvalue weighted by atomic mass is 16.6. The molecular weight excluding hydrogens is 392 g/mol. The Morgan fingerprint density at radius 3 is 2.45 bits per heavy atom. The van der Waals surface area contributed by atoms with Crippen molar-refractivity contribution in [3.05, 3.63) is 57.6 Å². The molecule has 0 unspecified atom stereocenters. The molecule has 0 fully saturated rings. The maximum Gasteiger partial charge on any atom is 0.262 e. The van der Waals surface area contributed by atoms with E-state index in [1.165, 1.54) is 24.4 Å². The van der Waals surface area contributed by atoms with Crippen LogP contribution in [0.4, 0.5) is 11.4 Å². The van der Waals surface area contributed by atoms with Crippen molar-refractivity contribution in [1.82, 2.24) is 0 Å². The van der Waals surface area contributed by atoms with E-state index in [4.69, 9.17) is 4.74 Å². The van der Waals surface area contributed by atoms with Crippen LogP contribution < -0.4 is 9.84 Å². The minimum Gasteiger partial charge on any atom is -0.867 e. The normalized spacial score (nSPS) is 12.3. The summed E-state index contributed by atoms with van der Waals surface area (Å²) in [6.07, 6.45) is 4.31. The second-order valence-corrected chi connectivity index (χ2v) is 9.72. The van der Waals surface area contributed by atoms with Gasteiger partial charge in [0.25, 0.3) is 5.69 Å². The number of hydrogen-bond donors (Lipinski definition) is 0. The molecular formula is C25H33N2O4-. The molecule has 2 rings (SSSR count). The van der Waals surface area contributed by atoms with Crippen LogP contribution in [0.25, 0.3) is 0 Å². The number of para-hydroxylation sites is 1. The van der Waals surface area contributed by atoms with Crippen molar-refractivity contribution in [3.8, 4) is 11.5 Å². The van der Waals surface area contributed by atoms with Gasteiger partial charge in [-0.3, -0.25) is 15.1 Å². The second-order valence-electron chi connectivity index (χ2n) is 9.72. The van der Waals surface area contributed by atoms with Gasteiger partial charge in [0.15, 0.2) is 0 Å². The third-order valence-corrected chi connectivity index (χ3v) is 5.03. The van der Waals surface area contributed by atoms with E-state index in [9.17, 15) is 15.2 Å². The van der Waals surface area contributed by atoms with E-state index in [-0.39, 0.29) is 16.4 Å². The summed E-state index contributed by atoms with van der Waals surface area (Å²) in [4.78, 5) is 14.9. The zero-order chi connectivity index (χ0) is 23.2. The smallest absolute Gasteiger partial charge is 0.262 e. The van der Waals surface area contributed by atoms with Gasteiger partial charge in [-0.1, -0.05) is 66.2 Å². The number of hydrogen-bond acceptors (Lipinski definition) is 5. The van der Waals surface area contributed by atoms with Crippen molar-refractivity contribution >= 4 is 17.6 Å². The Kier molecular flexibility index (Phi) is 7.82. The summed E-state index contributed by atoms with van der Waals surface area (Å²) in [6.45, 7) is 13.7. The average Bonchev–Trinajstić information content (AvgIpc) is 2.66. The molecule has 0 aliphatic heterocycles. The highest BCUT2D eigenvalue weighted by molar-refractivity contribution is 5.87. The largest absolute Gasteiger partial charge is 0.867 e. The number of nitro benzene ring substituents is 1. The molecule has 31 heavy (non-hydrogen) atoms. The summed E-state index contributed by atoms with van der Waals surface area (Å²) >= 11 is 0. The van der Waals surface area contributed by atoms with Gasteiger partial charge in [0.2, 0.25) is 0 Å². The van der Waals surface area contributed by atoms with Crippen LogP contribution in [-0.4, -0.2) is 17.7 Å². The number of ether oxygens (including phenoxy) is 1. The minimum absolute atomic E-state index is 0.0836. The maximum absolute atomic E-state index is 12.3. The Morgan fingerprint density at radius 1 is 1.13 bits per heavy atom. The molecule has 0 radical (unpaired) electrons. The first-order valence-electron chi connectivity index (χ1n) is 10.7. The fourth-order valence-electron chi connectivity index (χ4n) is 3.84. The fraction of sp³-hybridized carbons (Fsp3) is 0.480. The number of benzene rings is 2. The SMILES string of the molecule is CCCCOc1ccc(C(C)(C)CC(C)(C)C)cc1N=Cc1cccc([N+](=O)[O-])c1[O-]. The van der Waals surface area contributed by atoms with E-state index in [0.29, 0.717) is 18.0 Å². The van der Waals surface area contributed by atoms with Gasteiger partial charge in [-0.25, -0.2) is 0 Å². The third kappa shape index (κ3) is 6.81. The van der Waals surface area contributed by atoms with Gasteiger partial charge in [0, 0.05) is 12.3 Å². The zero-order valence-electron chi connectivity index (χ0n) is 19.4. The lowest BCUT2D eigenvalue weighted by Gasteiger charge is -2.33. The van der Waals surface area contributed by atoms with Crippen molar-refractivity contribution < 1.29 is 14.8 Å². The topological polar surface area (TPSA) is 87.8 Å². The van der Waals surface area contributed by atoms with Crippen LogP contribution in [0.5, 0.6) is 11.5 Å². The molecule has 168 valence electrons. The Hall–Kier alpha value is -2.89. The lowest BCUT2D eigenvalue weighted by Crippen LogP contribution is -2.24. The Bertz CT molecular complexity index is 943. The van der Waals surface area contributed by atoms with Gasteiger partial charge in [0.1, 0.15) is 11.4 Å². The van der Waals surface area contributed by atoms with Crippen LogP contribution in [0.3, 0.4) is 0 Å². The zero-order valence-corrected chi connectivity index (χ0v) is 19.4. The summed E-state index contributed by atoms with van der Waals surface area (Å²) in [6, 6.07) is 10.2. The number of nitrogens with zero attached hydrogens (tertiary/aromatic N) is 2. The standard InChI is InChI=1S/C25H34N2O4/c1-7-8-14-31-22-13-12-19(25(5,6)17-24(2,3)4)15-20(22)26-16-18-10-9-11-21(23(18)28)27(29)30/h9-13,15-16,28H,7-8,14,17H2,1-6H3/p-1. The molecule has 0 heterocycles. The van der Waals surface area contributed by atoms with Crippen LogP contribution in [0.15, 0.2) is 41.4 Å². The summed E-state index contributed by atoms with van der Waals surface area (Å²) in [5.41, 5.74) is 1.53. The Balaban J connectivity index is 2.46. The monoisotopic (exact) mass is 425 g/mol. The average molecular weight is 426 g/mol. The molecule has 6 heteroatoms. The van der Waals surface area contributed by atoms with Crippen LogP contribution in [-0.2, 0) is 5.41 Å². The second kappa shape index (κ2) is 9.94. The first kappa shape index (κ1) is 24.4. The molecule has 0 aliphatic carbocycles. The van der Waals surface area contributed by atoms with Crippen LogP contribution >= 0.6 is 0 Å². The molecule has 0 aromatic heterocycles. The van der Waals surface area contributed by atoms with E-state index >= 15 is 0 Å². The first-order valence-corrected chi connectivity index (χ1v) is 10.7. The highest BCUT2D eigenvalue weighted by Crippen LogP contribution is 2.40. The van der Waals surface area contributed by atoms with Crippen molar-refractivity contribution in [2.24, 2.45) is 10.4 Å². The lowest BCUT2D eigenvalue weighted by molar-refractivity contribution is -0.398.